The van der Waals surface area contributed by atoms with Crippen molar-refractivity contribution in [3.8, 4) is 5.75 Å². The normalized spacial score (nSPS) is 12.0. The van der Waals surface area contributed by atoms with Crippen LogP contribution in [0.4, 0.5) is 4.39 Å². The number of ketones is 1. The maximum Gasteiger partial charge on any atom is 0.202 e. The fraction of sp³-hybridized carbons (Fsp3) is 0.188. The van der Waals surface area contributed by atoms with Crippen LogP contribution in [0.2, 0.25) is 5.02 Å². The molecule has 2 rings (SSSR count). The number of hydrogen-bond donors (Lipinski definition) is 0. The van der Waals surface area contributed by atoms with Crippen LogP contribution in [-0.4, -0.2) is 11.9 Å². The summed E-state index contributed by atoms with van der Waals surface area (Å²) in [6.07, 6.45) is -0.698. The van der Waals surface area contributed by atoms with Gasteiger partial charge in [-0.1, -0.05) is 17.7 Å². The topological polar surface area (TPSA) is 26.3 Å². The summed E-state index contributed by atoms with van der Waals surface area (Å²) >= 11 is 5.78. The minimum absolute atomic E-state index is 0.176. The van der Waals surface area contributed by atoms with E-state index in [4.69, 9.17) is 16.3 Å². The molecule has 0 aromatic heterocycles. The minimum Gasteiger partial charge on any atom is -0.482 e. The first-order valence-electron chi connectivity index (χ1n) is 6.20. The summed E-state index contributed by atoms with van der Waals surface area (Å²) < 4.78 is 18.7. The molecular formula is C16H14ClFO2. The van der Waals surface area contributed by atoms with E-state index in [1.807, 2.05) is 0 Å². The number of ether oxygens (including phenoxy) is 1. The molecule has 104 valence electrons. The van der Waals surface area contributed by atoms with Crippen LogP contribution in [0, 0.1) is 12.7 Å². The monoisotopic (exact) mass is 292 g/mol. The second-order valence-corrected chi connectivity index (χ2v) is 4.98. The first-order chi connectivity index (χ1) is 9.47. The number of hydrogen-bond acceptors (Lipinski definition) is 2. The first kappa shape index (κ1) is 14.5. The van der Waals surface area contributed by atoms with Crippen molar-refractivity contribution < 1.29 is 13.9 Å². The van der Waals surface area contributed by atoms with Crippen molar-refractivity contribution in [1.29, 1.82) is 0 Å². The van der Waals surface area contributed by atoms with E-state index in [9.17, 15) is 9.18 Å². The van der Waals surface area contributed by atoms with Gasteiger partial charge in [-0.2, -0.15) is 0 Å². The van der Waals surface area contributed by atoms with Crippen LogP contribution >= 0.6 is 11.6 Å². The van der Waals surface area contributed by atoms with Crippen LogP contribution in [0.25, 0.3) is 0 Å². The average molecular weight is 293 g/mol. The Hall–Kier alpha value is -1.87. The zero-order valence-electron chi connectivity index (χ0n) is 11.2. The summed E-state index contributed by atoms with van der Waals surface area (Å²) in [5, 5.41) is 0.566. The Kier molecular flexibility index (Phi) is 4.40. The fourth-order valence-electron chi connectivity index (χ4n) is 1.79. The van der Waals surface area contributed by atoms with Gasteiger partial charge in [0.25, 0.3) is 0 Å². The van der Waals surface area contributed by atoms with Crippen LogP contribution in [0.3, 0.4) is 0 Å². The highest BCUT2D eigenvalue weighted by Crippen LogP contribution is 2.21. The zero-order valence-corrected chi connectivity index (χ0v) is 11.9. The SMILES string of the molecule is Cc1ccc(F)cc1OC(C)C(=O)c1ccc(Cl)cc1. The maximum absolute atomic E-state index is 13.2. The molecule has 0 N–H and O–H groups in total. The van der Waals surface area contributed by atoms with Gasteiger partial charge in [-0.3, -0.25) is 4.79 Å². The van der Waals surface area contributed by atoms with Gasteiger partial charge in [0.05, 0.1) is 0 Å². The van der Waals surface area contributed by atoms with Crippen molar-refractivity contribution in [1.82, 2.24) is 0 Å². The molecule has 0 saturated carbocycles. The summed E-state index contributed by atoms with van der Waals surface area (Å²) in [6.45, 7) is 3.44. The molecule has 0 radical (unpaired) electrons. The molecule has 0 amide bonds. The lowest BCUT2D eigenvalue weighted by molar-refractivity contribution is 0.0816. The Bertz CT molecular complexity index is 623. The Balaban J connectivity index is 2.15. The van der Waals surface area contributed by atoms with Crippen LogP contribution in [0.5, 0.6) is 5.75 Å². The molecule has 1 atom stereocenters. The number of Topliss-reactive ketones (excluding diaryl/α,β-unsaturated/α-hetero) is 1. The van der Waals surface area contributed by atoms with E-state index in [1.54, 1.807) is 44.2 Å². The summed E-state index contributed by atoms with van der Waals surface area (Å²) in [6, 6.07) is 10.8. The number of halogens is 2. The van der Waals surface area contributed by atoms with Gasteiger partial charge in [-0.25, -0.2) is 4.39 Å². The number of carbonyl (C=O) groups is 1. The van der Waals surface area contributed by atoms with Crippen molar-refractivity contribution in [2.75, 3.05) is 0 Å². The van der Waals surface area contributed by atoms with E-state index in [2.05, 4.69) is 0 Å². The molecule has 0 fully saturated rings. The van der Waals surface area contributed by atoms with Gasteiger partial charge in [0.1, 0.15) is 11.6 Å². The summed E-state index contributed by atoms with van der Waals surface area (Å²) in [4.78, 5) is 12.2. The number of rotatable bonds is 4. The maximum atomic E-state index is 13.2. The third-order valence-electron chi connectivity index (χ3n) is 2.95. The fourth-order valence-corrected chi connectivity index (χ4v) is 1.92. The highest BCUT2D eigenvalue weighted by Gasteiger charge is 2.17. The zero-order chi connectivity index (χ0) is 14.7. The Morgan fingerprint density at radius 3 is 2.50 bits per heavy atom. The van der Waals surface area contributed by atoms with Crippen molar-refractivity contribution in [3.05, 3.63) is 64.4 Å². The van der Waals surface area contributed by atoms with E-state index in [0.29, 0.717) is 16.3 Å². The predicted molar refractivity (Wildman–Crippen MR) is 77.0 cm³/mol. The molecule has 1 unspecified atom stereocenters. The van der Waals surface area contributed by atoms with E-state index in [1.165, 1.54) is 12.1 Å². The average Bonchev–Trinajstić information content (AvgIpc) is 2.43. The Morgan fingerprint density at radius 2 is 1.85 bits per heavy atom. The smallest absolute Gasteiger partial charge is 0.202 e. The highest BCUT2D eigenvalue weighted by molar-refractivity contribution is 6.30. The third kappa shape index (κ3) is 3.36. The van der Waals surface area contributed by atoms with Crippen LogP contribution in [-0.2, 0) is 0 Å². The van der Waals surface area contributed by atoms with Crippen LogP contribution in [0.15, 0.2) is 42.5 Å². The molecular weight excluding hydrogens is 279 g/mol. The largest absolute Gasteiger partial charge is 0.482 e. The second kappa shape index (κ2) is 6.06. The Labute approximate surface area is 122 Å². The molecule has 2 aromatic carbocycles. The molecule has 0 aliphatic rings. The van der Waals surface area contributed by atoms with Gasteiger partial charge < -0.3 is 4.74 Å². The van der Waals surface area contributed by atoms with Gasteiger partial charge in [-0.15, -0.1) is 0 Å². The van der Waals surface area contributed by atoms with Gasteiger partial charge in [0.2, 0.25) is 5.78 Å². The standard InChI is InChI=1S/C16H14ClFO2/c1-10-3-8-14(18)9-15(10)20-11(2)16(19)12-4-6-13(17)7-5-12/h3-9,11H,1-2H3. The van der Waals surface area contributed by atoms with Gasteiger partial charge >= 0.3 is 0 Å². The number of benzene rings is 2. The van der Waals surface area contributed by atoms with Crippen molar-refractivity contribution in [2.24, 2.45) is 0 Å². The minimum atomic E-state index is -0.698. The van der Waals surface area contributed by atoms with Crippen molar-refractivity contribution in [3.63, 3.8) is 0 Å². The van der Waals surface area contributed by atoms with Crippen molar-refractivity contribution >= 4 is 17.4 Å². The van der Waals surface area contributed by atoms with Crippen molar-refractivity contribution in [2.45, 2.75) is 20.0 Å². The summed E-state index contributed by atoms with van der Waals surface area (Å²) in [5.74, 6) is -0.193. The molecule has 0 aliphatic carbocycles. The third-order valence-corrected chi connectivity index (χ3v) is 3.20. The first-order valence-corrected chi connectivity index (χ1v) is 6.58. The molecule has 0 spiro atoms. The van der Waals surface area contributed by atoms with E-state index >= 15 is 0 Å². The number of carbonyl (C=O) groups excluding carboxylic acids is 1. The van der Waals surface area contributed by atoms with Gasteiger partial charge in [0, 0.05) is 16.7 Å². The lowest BCUT2D eigenvalue weighted by atomic mass is 10.1. The molecule has 2 nitrogen and oxygen atoms in total. The molecule has 0 heterocycles. The molecule has 0 bridgehead atoms. The lowest BCUT2D eigenvalue weighted by Crippen LogP contribution is -2.24. The van der Waals surface area contributed by atoms with E-state index in [0.717, 1.165) is 5.56 Å². The van der Waals surface area contributed by atoms with Gasteiger partial charge in [-0.05, 0) is 49.7 Å². The van der Waals surface area contributed by atoms with Crippen LogP contribution in [0.1, 0.15) is 22.8 Å². The lowest BCUT2D eigenvalue weighted by Gasteiger charge is -2.15. The quantitative estimate of drug-likeness (QED) is 0.779. The predicted octanol–water partition coefficient (Wildman–Crippen LogP) is 4.44. The van der Waals surface area contributed by atoms with Gasteiger partial charge in [0.15, 0.2) is 6.10 Å². The summed E-state index contributed by atoms with van der Waals surface area (Å²) in [5.41, 5.74) is 1.29. The second-order valence-electron chi connectivity index (χ2n) is 4.54. The molecule has 0 aliphatic heterocycles. The number of aryl methyl sites for hydroxylation is 1. The summed E-state index contributed by atoms with van der Waals surface area (Å²) in [7, 11) is 0. The molecule has 0 saturated heterocycles. The highest BCUT2D eigenvalue weighted by atomic mass is 35.5. The van der Waals surface area contributed by atoms with Crippen LogP contribution < -0.4 is 4.74 Å². The Morgan fingerprint density at radius 1 is 1.20 bits per heavy atom. The molecule has 2 aromatic rings. The van der Waals surface area contributed by atoms with E-state index in [-0.39, 0.29) is 5.78 Å². The molecule has 4 heteroatoms. The van der Waals surface area contributed by atoms with E-state index < -0.39 is 11.9 Å². The molecule has 20 heavy (non-hydrogen) atoms.